The minimum atomic E-state index is -1.03. The fraction of sp³-hybridized carbons (Fsp3) is 0.150. The summed E-state index contributed by atoms with van der Waals surface area (Å²) in [4.78, 5) is 38.3. The maximum Gasteiger partial charge on any atom is 0.335 e. The Labute approximate surface area is 153 Å². The number of aromatic nitrogens is 1. The van der Waals surface area contributed by atoms with Crippen LogP contribution in [0, 0.1) is 6.92 Å². The summed E-state index contributed by atoms with van der Waals surface area (Å²) in [6.07, 6.45) is -0.0126. The van der Waals surface area contributed by atoms with Gasteiger partial charge in [0.25, 0.3) is 5.56 Å². The zero-order chi connectivity index (χ0) is 19.1. The third kappa shape index (κ3) is 3.03. The number of benzene rings is 1. The Balaban J connectivity index is 1.77. The monoisotopic (exact) mass is 365 g/mol. The van der Waals surface area contributed by atoms with Crippen LogP contribution in [0.3, 0.4) is 0 Å². The molecule has 136 valence electrons. The summed E-state index contributed by atoms with van der Waals surface area (Å²) in [7, 11) is 0. The number of carboxylic acid groups (broad SMARTS) is 1. The predicted octanol–water partition coefficient (Wildman–Crippen LogP) is 3.08. The number of aromatic amines is 1. The molecule has 0 radical (unpaired) electrons. The largest absolute Gasteiger partial charge is 0.478 e. The van der Waals surface area contributed by atoms with Gasteiger partial charge in [-0.3, -0.25) is 9.59 Å². The van der Waals surface area contributed by atoms with Crippen molar-refractivity contribution < 1.29 is 23.8 Å². The molecule has 0 saturated heterocycles. The van der Waals surface area contributed by atoms with Gasteiger partial charge in [0.05, 0.1) is 23.5 Å². The number of ether oxygens (including phenoxy) is 1. The molecule has 0 unspecified atom stereocenters. The third-order valence-electron chi connectivity index (χ3n) is 4.48. The van der Waals surface area contributed by atoms with E-state index in [0.29, 0.717) is 28.3 Å². The second kappa shape index (κ2) is 6.28. The quantitative estimate of drug-likeness (QED) is 0.690. The normalized spacial score (nSPS) is 15.9. The van der Waals surface area contributed by atoms with E-state index in [1.165, 1.54) is 12.1 Å². The first-order valence-corrected chi connectivity index (χ1v) is 8.30. The molecule has 1 atom stereocenters. The number of carboxylic acids is 1. The molecular formula is C20H15NO6. The highest BCUT2D eigenvalue weighted by Gasteiger charge is 2.33. The van der Waals surface area contributed by atoms with Crippen molar-refractivity contribution in [3.63, 3.8) is 0 Å². The molecule has 3 aromatic rings. The average molecular weight is 365 g/mol. The Morgan fingerprint density at radius 1 is 1.19 bits per heavy atom. The van der Waals surface area contributed by atoms with Crippen LogP contribution in [-0.4, -0.2) is 22.0 Å². The van der Waals surface area contributed by atoms with Crippen LogP contribution in [0.15, 0.2) is 51.7 Å². The summed E-state index contributed by atoms with van der Waals surface area (Å²) >= 11 is 0. The third-order valence-corrected chi connectivity index (χ3v) is 4.48. The molecule has 27 heavy (non-hydrogen) atoms. The molecule has 0 spiro atoms. The number of hydrogen-bond acceptors (Lipinski definition) is 5. The zero-order valence-corrected chi connectivity index (χ0v) is 14.3. The van der Waals surface area contributed by atoms with Crippen LogP contribution in [0.4, 0.5) is 0 Å². The number of hydrogen-bond donors (Lipinski definition) is 2. The van der Waals surface area contributed by atoms with Gasteiger partial charge in [-0.25, -0.2) is 4.79 Å². The number of aryl methyl sites for hydroxylation is 1. The fourth-order valence-electron chi connectivity index (χ4n) is 3.26. The van der Waals surface area contributed by atoms with Crippen molar-refractivity contribution in [2.75, 3.05) is 0 Å². The topological polar surface area (TPSA) is 110 Å². The number of aromatic carboxylic acids is 1. The van der Waals surface area contributed by atoms with Gasteiger partial charge >= 0.3 is 11.9 Å². The van der Waals surface area contributed by atoms with Crippen molar-refractivity contribution in [1.29, 1.82) is 0 Å². The molecule has 0 saturated carbocycles. The molecule has 3 heterocycles. The minimum absolute atomic E-state index is 0.0126. The number of furan rings is 1. The number of pyridine rings is 1. The summed E-state index contributed by atoms with van der Waals surface area (Å²) in [5, 5.41) is 9.14. The Bertz CT molecular complexity index is 1120. The van der Waals surface area contributed by atoms with E-state index in [-0.39, 0.29) is 23.3 Å². The highest BCUT2D eigenvalue weighted by molar-refractivity contribution is 5.89. The molecule has 0 aliphatic carbocycles. The van der Waals surface area contributed by atoms with E-state index in [0.717, 1.165) is 0 Å². The van der Waals surface area contributed by atoms with Crippen molar-refractivity contribution in [2.45, 2.75) is 19.3 Å². The molecule has 2 N–H and O–H groups in total. The van der Waals surface area contributed by atoms with Gasteiger partial charge in [0.15, 0.2) is 0 Å². The summed E-state index contributed by atoms with van der Waals surface area (Å²) in [6, 6.07) is 11.3. The van der Waals surface area contributed by atoms with E-state index in [1.807, 2.05) is 0 Å². The molecule has 7 nitrogen and oxygen atoms in total. The van der Waals surface area contributed by atoms with Crippen LogP contribution >= 0.6 is 0 Å². The number of nitrogens with one attached hydrogen (secondary N) is 1. The SMILES string of the molecule is Cc1cc2c(c(=O)[nH]1)[C@@H](c1ccc(-c3cccc(C(=O)O)c3)o1)CC(=O)O2. The second-order valence-electron chi connectivity index (χ2n) is 6.38. The maximum atomic E-state index is 12.4. The van der Waals surface area contributed by atoms with Crippen molar-refractivity contribution in [2.24, 2.45) is 0 Å². The molecule has 4 rings (SSSR count). The average Bonchev–Trinajstić information content (AvgIpc) is 3.10. The number of carbonyl (C=O) groups is 2. The first-order chi connectivity index (χ1) is 12.9. The standard InChI is InChI=1S/C20H15NO6/c1-10-7-16-18(19(23)21-10)13(9-17(22)27-16)15-6-5-14(26-15)11-3-2-4-12(8-11)20(24)25/h2-8,13H,9H2,1H3,(H,21,23)(H,24,25)/t13-/m1/s1. The van der Waals surface area contributed by atoms with E-state index in [1.54, 1.807) is 37.3 Å². The van der Waals surface area contributed by atoms with Crippen molar-refractivity contribution in [3.05, 3.63) is 75.4 Å². The van der Waals surface area contributed by atoms with Crippen LogP contribution < -0.4 is 10.3 Å². The first-order valence-electron chi connectivity index (χ1n) is 8.30. The Kier molecular flexibility index (Phi) is 3.92. The Morgan fingerprint density at radius 3 is 2.78 bits per heavy atom. The zero-order valence-electron chi connectivity index (χ0n) is 14.3. The number of rotatable bonds is 3. The van der Waals surface area contributed by atoms with Gasteiger partial charge in [0.2, 0.25) is 0 Å². The van der Waals surface area contributed by atoms with E-state index in [2.05, 4.69) is 4.98 Å². The van der Waals surface area contributed by atoms with E-state index in [9.17, 15) is 14.4 Å². The lowest BCUT2D eigenvalue weighted by Crippen LogP contribution is -2.28. The fourth-order valence-corrected chi connectivity index (χ4v) is 3.26. The number of fused-ring (bicyclic) bond motifs is 1. The first kappa shape index (κ1) is 16.8. The number of esters is 1. The highest BCUT2D eigenvalue weighted by atomic mass is 16.5. The molecular weight excluding hydrogens is 350 g/mol. The maximum absolute atomic E-state index is 12.4. The van der Waals surface area contributed by atoms with Crippen molar-refractivity contribution >= 4 is 11.9 Å². The van der Waals surface area contributed by atoms with Crippen molar-refractivity contribution in [3.8, 4) is 17.1 Å². The number of carbonyl (C=O) groups excluding carboxylic acids is 1. The van der Waals surface area contributed by atoms with Gasteiger partial charge in [0.1, 0.15) is 17.3 Å². The van der Waals surface area contributed by atoms with Crippen LogP contribution in [0.5, 0.6) is 5.75 Å². The van der Waals surface area contributed by atoms with Crippen LogP contribution in [0.25, 0.3) is 11.3 Å². The van der Waals surface area contributed by atoms with Gasteiger partial charge < -0.3 is 19.2 Å². The van der Waals surface area contributed by atoms with Gasteiger partial charge in [-0.1, -0.05) is 12.1 Å². The lowest BCUT2D eigenvalue weighted by Gasteiger charge is -2.22. The smallest absolute Gasteiger partial charge is 0.335 e. The Hall–Kier alpha value is -3.61. The minimum Gasteiger partial charge on any atom is -0.478 e. The van der Waals surface area contributed by atoms with Crippen molar-refractivity contribution in [1.82, 2.24) is 4.98 Å². The molecule has 0 bridgehead atoms. The lowest BCUT2D eigenvalue weighted by atomic mass is 9.91. The highest BCUT2D eigenvalue weighted by Crippen LogP contribution is 2.38. The molecule has 1 aliphatic rings. The molecule has 1 aromatic carbocycles. The molecule has 0 fully saturated rings. The predicted molar refractivity (Wildman–Crippen MR) is 95.0 cm³/mol. The summed E-state index contributed by atoms with van der Waals surface area (Å²) < 4.78 is 11.1. The molecule has 0 amide bonds. The van der Waals surface area contributed by atoms with E-state index >= 15 is 0 Å². The lowest BCUT2D eigenvalue weighted by molar-refractivity contribution is -0.135. The van der Waals surface area contributed by atoms with Gasteiger partial charge in [-0.15, -0.1) is 0 Å². The Morgan fingerprint density at radius 2 is 2.00 bits per heavy atom. The summed E-state index contributed by atoms with van der Waals surface area (Å²) in [5.41, 5.74) is 1.35. The molecule has 1 aliphatic heterocycles. The van der Waals surface area contributed by atoms with Gasteiger partial charge in [0, 0.05) is 17.3 Å². The molecule has 7 heteroatoms. The number of H-pyrrole nitrogens is 1. The molecule has 2 aromatic heterocycles. The van der Waals surface area contributed by atoms with Gasteiger partial charge in [-0.2, -0.15) is 0 Å². The van der Waals surface area contributed by atoms with E-state index in [4.69, 9.17) is 14.3 Å². The van der Waals surface area contributed by atoms with Crippen LogP contribution in [0.2, 0.25) is 0 Å². The summed E-state index contributed by atoms with van der Waals surface area (Å²) in [5.74, 6) is -0.904. The summed E-state index contributed by atoms with van der Waals surface area (Å²) in [6.45, 7) is 1.71. The van der Waals surface area contributed by atoms with E-state index < -0.39 is 17.9 Å². The van der Waals surface area contributed by atoms with Gasteiger partial charge in [-0.05, 0) is 31.2 Å². The second-order valence-corrected chi connectivity index (χ2v) is 6.38. The van der Waals surface area contributed by atoms with Crippen LogP contribution in [0.1, 0.15) is 39.7 Å². The van der Waals surface area contributed by atoms with Crippen LogP contribution in [-0.2, 0) is 4.79 Å².